The molecule has 2 aromatic rings. The smallest absolute Gasteiger partial charge is 0.422 e. The molecule has 0 saturated heterocycles. The SMILES string of the molecule is CC(C)Cc1nnc(NC(=O)c2cccnc2OCC(F)(F)F)s1. The van der Waals surface area contributed by atoms with Gasteiger partial charge in [0.2, 0.25) is 11.0 Å². The first-order valence-corrected chi connectivity index (χ1v) is 7.84. The van der Waals surface area contributed by atoms with Crippen LogP contribution in [0.25, 0.3) is 0 Å². The second kappa shape index (κ2) is 7.56. The topological polar surface area (TPSA) is 77.0 Å². The molecule has 0 aliphatic heterocycles. The number of alkyl halides is 3. The average molecular weight is 360 g/mol. The molecule has 0 saturated carbocycles. The van der Waals surface area contributed by atoms with E-state index in [1.165, 1.54) is 29.7 Å². The molecule has 0 atom stereocenters. The molecule has 1 amide bonds. The molecule has 6 nitrogen and oxygen atoms in total. The standard InChI is InChI=1S/C14H15F3N4O2S/c1-8(2)6-10-20-21-13(24-10)19-11(22)9-4-3-5-18-12(9)23-7-14(15,16)17/h3-5,8H,6-7H2,1-2H3,(H,19,21,22). The number of carbonyl (C=O) groups is 1. The molecule has 0 aromatic carbocycles. The van der Waals surface area contributed by atoms with Crippen LogP contribution < -0.4 is 10.1 Å². The second-order valence-corrected chi connectivity index (χ2v) is 6.38. The molecule has 0 aliphatic rings. The number of nitrogens with one attached hydrogen (secondary N) is 1. The molecule has 0 spiro atoms. The molecular formula is C14H15F3N4O2S. The van der Waals surface area contributed by atoms with Crippen LogP contribution in [0.15, 0.2) is 18.3 Å². The summed E-state index contributed by atoms with van der Waals surface area (Å²) in [7, 11) is 0. The van der Waals surface area contributed by atoms with Gasteiger partial charge in [0, 0.05) is 12.6 Å². The first-order valence-electron chi connectivity index (χ1n) is 7.03. The van der Waals surface area contributed by atoms with Crippen molar-refractivity contribution in [1.82, 2.24) is 15.2 Å². The Labute approximate surface area is 140 Å². The summed E-state index contributed by atoms with van der Waals surface area (Å²) in [6, 6.07) is 2.75. The Balaban J connectivity index is 2.08. The normalized spacial score (nSPS) is 11.6. The van der Waals surface area contributed by atoms with Gasteiger partial charge >= 0.3 is 6.18 Å². The molecule has 1 N–H and O–H groups in total. The van der Waals surface area contributed by atoms with Crippen molar-refractivity contribution in [2.75, 3.05) is 11.9 Å². The van der Waals surface area contributed by atoms with Gasteiger partial charge in [0.15, 0.2) is 6.61 Å². The summed E-state index contributed by atoms with van der Waals surface area (Å²) in [6.07, 6.45) is -2.55. The summed E-state index contributed by atoms with van der Waals surface area (Å²) in [4.78, 5) is 15.9. The summed E-state index contributed by atoms with van der Waals surface area (Å²) in [5.41, 5.74) is -0.109. The van der Waals surface area contributed by atoms with E-state index in [1.807, 2.05) is 13.8 Å². The third kappa shape index (κ3) is 5.44. The quantitative estimate of drug-likeness (QED) is 0.855. The van der Waals surface area contributed by atoms with Crippen molar-refractivity contribution < 1.29 is 22.7 Å². The lowest BCUT2D eigenvalue weighted by atomic mass is 10.1. The van der Waals surface area contributed by atoms with Crippen molar-refractivity contribution in [3.63, 3.8) is 0 Å². The van der Waals surface area contributed by atoms with Gasteiger partial charge in [-0.3, -0.25) is 10.1 Å². The van der Waals surface area contributed by atoms with E-state index in [2.05, 4.69) is 25.2 Å². The van der Waals surface area contributed by atoms with E-state index in [0.717, 1.165) is 11.4 Å². The van der Waals surface area contributed by atoms with E-state index in [0.29, 0.717) is 5.92 Å². The van der Waals surface area contributed by atoms with Crippen LogP contribution in [0.5, 0.6) is 5.88 Å². The van der Waals surface area contributed by atoms with E-state index in [-0.39, 0.29) is 16.6 Å². The predicted octanol–water partition coefficient (Wildman–Crippen LogP) is 3.33. The van der Waals surface area contributed by atoms with Gasteiger partial charge in [-0.25, -0.2) is 4.98 Å². The molecule has 2 aromatic heterocycles. The summed E-state index contributed by atoms with van der Waals surface area (Å²) >= 11 is 1.21. The molecule has 130 valence electrons. The maximum Gasteiger partial charge on any atom is 0.422 e. The zero-order valence-corrected chi connectivity index (χ0v) is 13.7. The first kappa shape index (κ1) is 18.1. The molecule has 2 rings (SSSR count). The maximum absolute atomic E-state index is 12.3. The minimum absolute atomic E-state index is 0.109. The minimum atomic E-state index is -4.52. The van der Waals surface area contributed by atoms with Crippen molar-refractivity contribution in [1.29, 1.82) is 0 Å². The van der Waals surface area contributed by atoms with Crippen molar-refractivity contribution in [2.24, 2.45) is 5.92 Å². The fourth-order valence-electron chi connectivity index (χ4n) is 1.73. The highest BCUT2D eigenvalue weighted by molar-refractivity contribution is 7.15. The number of hydrogen-bond acceptors (Lipinski definition) is 6. The van der Waals surface area contributed by atoms with Crippen molar-refractivity contribution in [3.8, 4) is 5.88 Å². The van der Waals surface area contributed by atoms with E-state index < -0.39 is 18.7 Å². The largest absolute Gasteiger partial charge is 0.467 e. The average Bonchev–Trinajstić information content (AvgIpc) is 2.91. The van der Waals surface area contributed by atoms with Crippen molar-refractivity contribution >= 4 is 22.4 Å². The number of hydrogen-bond donors (Lipinski definition) is 1. The summed E-state index contributed by atoms with van der Waals surface area (Å²) < 4.78 is 41.4. The van der Waals surface area contributed by atoms with E-state index in [4.69, 9.17) is 0 Å². The fraction of sp³-hybridized carbons (Fsp3) is 0.429. The number of ether oxygens (including phenoxy) is 1. The van der Waals surface area contributed by atoms with Crippen LogP contribution >= 0.6 is 11.3 Å². The lowest BCUT2D eigenvalue weighted by molar-refractivity contribution is -0.154. The monoisotopic (exact) mass is 360 g/mol. The molecule has 0 fully saturated rings. The molecule has 0 unspecified atom stereocenters. The Morgan fingerprint density at radius 2 is 2.12 bits per heavy atom. The van der Waals surface area contributed by atoms with E-state index >= 15 is 0 Å². The summed E-state index contributed by atoms with van der Waals surface area (Å²) in [5.74, 6) is -0.658. The van der Waals surface area contributed by atoms with Gasteiger partial charge in [-0.05, 0) is 18.1 Å². The highest BCUT2D eigenvalue weighted by atomic mass is 32.1. The van der Waals surface area contributed by atoms with Crippen molar-refractivity contribution in [2.45, 2.75) is 26.4 Å². The molecule has 24 heavy (non-hydrogen) atoms. The lowest BCUT2D eigenvalue weighted by Gasteiger charge is -2.11. The number of halogens is 3. The number of anilines is 1. The van der Waals surface area contributed by atoms with Gasteiger partial charge in [-0.2, -0.15) is 13.2 Å². The van der Waals surface area contributed by atoms with Crippen LogP contribution in [0.2, 0.25) is 0 Å². The van der Waals surface area contributed by atoms with E-state index in [1.54, 1.807) is 0 Å². The molecule has 0 bridgehead atoms. The molecule has 0 radical (unpaired) electrons. The Bertz CT molecular complexity index is 703. The van der Waals surface area contributed by atoms with Gasteiger partial charge in [-0.1, -0.05) is 25.2 Å². The van der Waals surface area contributed by atoms with Gasteiger partial charge < -0.3 is 4.74 Å². The highest BCUT2D eigenvalue weighted by Crippen LogP contribution is 2.23. The van der Waals surface area contributed by atoms with Crippen LogP contribution in [0, 0.1) is 5.92 Å². The minimum Gasteiger partial charge on any atom is -0.467 e. The van der Waals surface area contributed by atoms with Crippen LogP contribution in [-0.2, 0) is 6.42 Å². The van der Waals surface area contributed by atoms with E-state index in [9.17, 15) is 18.0 Å². The van der Waals surface area contributed by atoms with Gasteiger partial charge in [0.05, 0.1) is 0 Å². The number of nitrogens with zero attached hydrogens (tertiary/aromatic N) is 3. The lowest BCUT2D eigenvalue weighted by Crippen LogP contribution is -2.21. The van der Waals surface area contributed by atoms with Crippen LogP contribution in [0.4, 0.5) is 18.3 Å². The summed E-state index contributed by atoms with van der Waals surface area (Å²) in [5, 5.41) is 11.3. The summed E-state index contributed by atoms with van der Waals surface area (Å²) in [6.45, 7) is 2.53. The molecule has 10 heteroatoms. The molecule has 2 heterocycles. The Morgan fingerprint density at radius 3 is 2.79 bits per heavy atom. The zero-order valence-electron chi connectivity index (χ0n) is 12.9. The Morgan fingerprint density at radius 1 is 1.38 bits per heavy atom. The van der Waals surface area contributed by atoms with Crippen LogP contribution in [0.3, 0.4) is 0 Å². The number of rotatable bonds is 6. The van der Waals surface area contributed by atoms with Crippen molar-refractivity contribution in [3.05, 3.63) is 28.9 Å². The number of pyridine rings is 1. The van der Waals surface area contributed by atoms with Gasteiger partial charge in [-0.15, -0.1) is 10.2 Å². The number of carbonyl (C=O) groups excluding carboxylic acids is 1. The third-order valence-electron chi connectivity index (χ3n) is 2.66. The zero-order chi connectivity index (χ0) is 17.7. The number of aromatic nitrogens is 3. The predicted molar refractivity (Wildman–Crippen MR) is 82.2 cm³/mol. The molecular weight excluding hydrogens is 345 g/mol. The molecule has 0 aliphatic carbocycles. The Hall–Kier alpha value is -2.23. The van der Waals surface area contributed by atoms with Gasteiger partial charge in [0.1, 0.15) is 10.6 Å². The number of amides is 1. The van der Waals surface area contributed by atoms with Gasteiger partial charge in [0.25, 0.3) is 5.91 Å². The van der Waals surface area contributed by atoms with Crippen LogP contribution in [-0.4, -0.2) is 33.9 Å². The third-order valence-corrected chi connectivity index (χ3v) is 3.52. The van der Waals surface area contributed by atoms with Crippen LogP contribution in [0.1, 0.15) is 29.2 Å². The Kier molecular flexibility index (Phi) is 5.71. The first-order chi connectivity index (χ1) is 11.2. The second-order valence-electron chi connectivity index (χ2n) is 5.31. The fourth-order valence-corrected chi connectivity index (χ4v) is 2.68. The highest BCUT2D eigenvalue weighted by Gasteiger charge is 2.29. The maximum atomic E-state index is 12.3.